The molecule has 0 unspecified atom stereocenters. The molecule has 0 fully saturated rings. The highest BCUT2D eigenvalue weighted by Crippen LogP contribution is 2.31. The van der Waals surface area contributed by atoms with E-state index in [-0.39, 0.29) is 11.3 Å². The number of phenols is 1. The van der Waals surface area contributed by atoms with Gasteiger partial charge < -0.3 is 5.11 Å². The Bertz CT molecular complexity index is 639. The third kappa shape index (κ3) is 2.68. The molecule has 0 aromatic heterocycles. The maximum Gasteiger partial charge on any atom is 0.416 e. The fourth-order valence-electron chi connectivity index (χ4n) is 1.66. The van der Waals surface area contributed by atoms with Crippen LogP contribution in [-0.4, -0.2) is 5.11 Å². The van der Waals surface area contributed by atoms with Crippen LogP contribution in [0.5, 0.6) is 5.75 Å². The van der Waals surface area contributed by atoms with Crippen LogP contribution in [0.3, 0.4) is 0 Å². The maximum absolute atomic E-state index is 12.4. The van der Waals surface area contributed by atoms with Crippen molar-refractivity contribution in [2.24, 2.45) is 0 Å². The van der Waals surface area contributed by atoms with Gasteiger partial charge in [0.15, 0.2) is 0 Å². The Morgan fingerprint density at radius 1 is 0.947 bits per heavy atom. The van der Waals surface area contributed by atoms with Crippen molar-refractivity contribution >= 4 is 0 Å². The van der Waals surface area contributed by atoms with Gasteiger partial charge in [0.2, 0.25) is 0 Å². The number of aromatic hydroxyl groups is 1. The first kappa shape index (κ1) is 13.0. The molecule has 0 spiro atoms. The van der Waals surface area contributed by atoms with Crippen molar-refractivity contribution in [1.82, 2.24) is 0 Å². The molecular weight excluding hydrogens is 255 g/mol. The zero-order valence-electron chi connectivity index (χ0n) is 9.57. The molecule has 0 saturated heterocycles. The number of nitrogens with zero attached hydrogens (tertiary/aromatic N) is 1. The van der Waals surface area contributed by atoms with E-state index >= 15 is 0 Å². The van der Waals surface area contributed by atoms with Crippen molar-refractivity contribution in [3.63, 3.8) is 0 Å². The van der Waals surface area contributed by atoms with Crippen LogP contribution < -0.4 is 0 Å². The number of phenolic OH excluding ortho intramolecular Hbond substituents is 1. The molecule has 2 nitrogen and oxygen atoms in total. The van der Waals surface area contributed by atoms with Crippen LogP contribution in [0, 0.1) is 11.3 Å². The van der Waals surface area contributed by atoms with E-state index in [0.29, 0.717) is 11.1 Å². The Labute approximate surface area is 107 Å². The SMILES string of the molecule is N#Cc1cc(-c2ccc(C(F)(F)F)cc2)ccc1O. The molecule has 0 heterocycles. The third-order valence-electron chi connectivity index (χ3n) is 2.66. The highest BCUT2D eigenvalue weighted by molar-refractivity contribution is 5.67. The second-order valence-electron chi connectivity index (χ2n) is 3.92. The Morgan fingerprint density at radius 2 is 1.53 bits per heavy atom. The van der Waals surface area contributed by atoms with Crippen molar-refractivity contribution in [1.29, 1.82) is 5.26 Å². The Balaban J connectivity index is 2.41. The highest BCUT2D eigenvalue weighted by Gasteiger charge is 2.29. The normalized spacial score (nSPS) is 11.1. The molecule has 0 bridgehead atoms. The van der Waals surface area contributed by atoms with Crippen LogP contribution in [0.25, 0.3) is 11.1 Å². The predicted octanol–water partition coefficient (Wildman–Crippen LogP) is 3.95. The lowest BCUT2D eigenvalue weighted by Gasteiger charge is -2.08. The molecule has 5 heteroatoms. The Hall–Kier alpha value is -2.48. The number of nitriles is 1. The molecule has 0 aliphatic heterocycles. The molecule has 1 N–H and O–H groups in total. The van der Waals surface area contributed by atoms with Gasteiger partial charge in [-0.15, -0.1) is 0 Å². The van der Waals surface area contributed by atoms with Gasteiger partial charge in [-0.1, -0.05) is 18.2 Å². The van der Waals surface area contributed by atoms with Crippen LogP contribution in [0.2, 0.25) is 0 Å². The molecule has 0 amide bonds. The van der Waals surface area contributed by atoms with Gasteiger partial charge in [0.25, 0.3) is 0 Å². The second kappa shape index (κ2) is 4.65. The Kier molecular flexibility index (Phi) is 3.17. The zero-order chi connectivity index (χ0) is 14.0. The minimum atomic E-state index is -4.37. The summed E-state index contributed by atoms with van der Waals surface area (Å²) in [6.07, 6.45) is -4.37. The molecule has 2 rings (SSSR count). The average Bonchev–Trinajstić information content (AvgIpc) is 2.38. The van der Waals surface area contributed by atoms with E-state index in [1.165, 1.54) is 24.3 Å². The lowest BCUT2D eigenvalue weighted by atomic mass is 10.0. The number of alkyl halides is 3. The number of rotatable bonds is 1. The molecule has 0 saturated carbocycles. The minimum Gasteiger partial charge on any atom is -0.507 e. The highest BCUT2D eigenvalue weighted by atomic mass is 19.4. The van der Waals surface area contributed by atoms with Crippen molar-refractivity contribution in [3.05, 3.63) is 53.6 Å². The molecule has 0 aliphatic rings. The summed E-state index contributed by atoms with van der Waals surface area (Å²) in [4.78, 5) is 0. The van der Waals surface area contributed by atoms with E-state index in [1.807, 2.05) is 6.07 Å². The van der Waals surface area contributed by atoms with Crippen molar-refractivity contribution in [2.75, 3.05) is 0 Å². The lowest BCUT2D eigenvalue weighted by Crippen LogP contribution is -2.03. The molecule has 96 valence electrons. The largest absolute Gasteiger partial charge is 0.507 e. The number of halogens is 3. The zero-order valence-corrected chi connectivity index (χ0v) is 9.57. The van der Waals surface area contributed by atoms with Crippen molar-refractivity contribution < 1.29 is 18.3 Å². The summed E-state index contributed by atoms with van der Waals surface area (Å²) < 4.78 is 37.3. The molecule has 19 heavy (non-hydrogen) atoms. The van der Waals surface area contributed by atoms with Crippen LogP contribution >= 0.6 is 0 Å². The first-order valence-electron chi connectivity index (χ1n) is 5.32. The fourth-order valence-corrected chi connectivity index (χ4v) is 1.66. The summed E-state index contributed by atoms with van der Waals surface area (Å²) in [5.41, 5.74) is 0.473. The standard InChI is InChI=1S/C14H8F3NO/c15-14(16,17)12-4-1-9(2-5-12)10-3-6-13(19)11(7-10)8-18/h1-7,19H. The number of benzene rings is 2. The van der Waals surface area contributed by atoms with Gasteiger partial charge in [-0.05, 0) is 35.4 Å². The predicted molar refractivity (Wildman–Crippen MR) is 63.3 cm³/mol. The molecule has 0 radical (unpaired) electrons. The van der Waals surface area contributed by atoms with E-state index in [2.05, 4.69) is 0 Å². The lowest BCUT2D eigenvalue weighted by molar-refractivity contribution is -0.137. The summed E-state index contributed by atoms with van der Waals surface area (Å²) in [5, 5.41) is 18.1. The van der Waals surface area contributed by atoms with Gasteiger partial charge in [-0.2, -0.15) is 18.4 Å². The summed E-state index contributed by atoms with van der Waals surface area (Å²) in [6, 6.07) is 10.7. The average molecular weight is 263 g/mol. The van der Waals surface area contributed by atoms with Gasteiger partial charge >= 0.3 is 6.18 Å². The van der Waals surface area contributed by atoms with Crippen LogP contribution in [0.15, 0.2) is 42.5 Å². The van der Waals surface area contributed by atoms with E-state index in [9.17, 15) is 18.3 Å². The van der Waals surface area contributed by atoms with Gasteiger partial charge in [0.1, 0.15) is 11.8 Å². The summed E-state index contributed by atoms with van der Waals surface area (Å²) >= 11 is 0. The number of hydrogen-bond acceptors (Lipinski definition) is 2. The summed E-state index contributed by atoms with van der Waals surface area (Å²) in [6.45, 7) is 0. The monoisotopic (exact) mass is 263 g/mol. The van der Waals surface area contributed by atoms with E-state index in [0.717, 1.165) is 12.1 Å². The van der Waals surface area contributed by atoms with Crippen LogP contribution in [0.1, 0.15) is 11.1 Å². The summed E-state index contributed by atoms with van der Waals surface area (Å²) in [5.74, 6) is -0.154. The maximum atomic E-state index is 12.4. The van der Waals surface area contributed by atoms with E-state index in [1.54, 1.807) is 6.07 Å². The minimum absolute atomic E-state index is 0.0809. The molecule has 0 aliphatic carbocycles. The fraction of sp³-hybridized carbons (Fsp3) is 0.0714. The topological polar surface area (TPSA) is 44.0 Å². The van der Waals surface area contributed by atoms with Gasteiger partial charge in [-0.3, -0.25) is 0 Å². The van der Waals surface area contributed by atoms with Crippen LogP contribution in [0.4, 0.5) is 13.2 Å². The molecule has 2 aromatic rings. The van der Waals surface area contributed by atoms with Gasteiger partial charge in [0, 0.05) is 0 Å². The second-order valence-corrected chi connectivity index (χ2v) is 3.92. The molecule has 2 aromatic carbocycles. The Morgan fingerprint density at radius 3 is 2.05 bits per heavy atom. The van der Waals surface area contributed by atoms with E-state index < -0.39 is 11.7 Å². The first-order valence-corrected chi connectivity index (χ1v) is 5.32. The quantitative estimate of drug-likeness (QED) is 0.846. The van der Waals surface area contributed by atoms with E-state index in [4.69, 9.17) is 5.26 Å². The van der Waals surface area contributed by atoms with Gasteiger partial charge in [-0.25, -0.2) is 0 Å². The van der Waals surface area contributed by atoms with Crippen molar-refractivity contribution in [2.45, 2.75) is 6.18 Å². The summed E-state index contributed by atoms with van der Waals surface area (Å²) in [7, 11) is 0. The van der Waals surface area contributed by atoms with Gasteiger partial charge in [0.05, 0.1) is 11.1 Å². The van der Waals surface area contributed by atoms with Crippen LogP contribution in [-0.2, 0) is 6.18 Å². The van der Waals surface area contributed by atoms with Crippen molar-refractivity contribution in [3.8, 4) is 22.9 Å². The first-order chi connectivity index (χ1) is 8.91. The smallest absolute Gasteiger partial charge is 0.416 e. The third-order valence-corrected chi connectivity index (χ3v) is 2.66. The molecule has 0 atom stereocenters. The number of hydrogen-bond donors (Lipinski definition) is 1. The molecular formula is C14H8F3NO.